The first-order valence-electron chi connectivity index (χ1n) is 10.1. The van der Waals surface area contributed by atoms with Crippen LogP contribution in [0.15, 0.2) is 48.5 Å². The van der Waals surface area contributed by atoms with Gasteiger partial charge in [0, 0.05) is 21.8 Å². The maximum atomic E-state index is 13.5. The molecule has 1 heterocycles. The van der Waals surface area contributed by atoms with Crippen molar-refractivity contribution in [2.75, 3.05) is 0 Å². The van der Waals surface area contributed by atoms with Crippen molar-refractivity contribution in [3.05, 3.63) is 74.8 Å². The van der Waals surface area contributed by atoms with Gasteiger partial charge in [0.1, 0.15) is 0 Å². The van der Waals surface area contributed by atoms with E-state index in [1.807, 2.05) is 0 Å². The fraction of sp³-hybridized carbons (Fsp3) is 0.318. The molecular weight excluding hydrogens is 582 g/mol. The van der Waals surface area contributed by atoms with Crippen LogP contribution >= 0.6 is 43.5 Å². The van der Waals surface area contributed by atoms with Crippen LogP contribution in [0.1, 0.15) is 28.8 Å². The minimum atomic E-state index is -0.606. The van der Waals surface area contributed by atoms with Crippen molar-refractivity contribution < 1.29 is 19.3 Å². The van der Waals surface area contributed by atoms with Crippen LogP contribution in [0.3, 0.4) is 0 Å². The molecule has 1 saturated heterocycles. The van der Waals surface area contributed by atoms with E-state index in [0.717, 1.165) is 10.0 Å². The van der Waals surface area contributed by atoms with Crippen molar-refractivity contribution in [2.45, 2.75) is 29.0 Å². The molecule has 0 unspecified atom stereocenters. The van der Waals surface area contributed by atoms with E-state index in [2.05, 4.69) is 31.9 Å². The first-order valence-corrected chi connectivity index (χ1v) is 12.4. The van der Waals surface area contributed by atoms with Gasteiger partial charge in [0.05, 0.1) is 33.9 Å². The zero-order valence-electron chi connectivity index (χ0n) is 17.1. The maximum absolute atomic E-state index is 13.5. The molecule has 0 N–H and O–H groups in total. The van der Waals surface area contributed by atoms with Crippen molar-refractivity contribution in [3.8, 4) is 0 Å². The maximum Gasteiger partial charge on any atom is 0.274 e. The summed E-state index contributed by atoms with van der Waals surface area (Å²) in [6.07, 6.45) is 0.931. The Labute approximate surface area is 211 Å². The minimum Gasteiger partial charge on any atom is -0.272 e. The van der Waals surface area contributed by atoms with Crippen LogP contribution in [0.4, 0.5) is 5.69 Å². The molecular formula is C22H18Br2ClN3O5. The summed E-state index contributed by atoms with van der Waals surface area (Å²) in [6, 6.07) is 12.0. The van der Waals surface area contributed by atoms with Gasteiger partial charge >= 0.3 is 0 Å². The fourth-order valence-corrected chi connectivity index (χ4v) is 5.67. The first-order chi connectivity index (χ1) is 15.7. The van der Waals surface area contributed by atoms with Crippen LogP contribution in [-0.2, 0) is 16.1 Å². The fourth-order valence-electron chi connectivity index (χ4n) is 4.22. The molecule has 2 fully saturated rings. The van der Waals surface area contributed by atoms with Crippen molar-refractivity contribution >= 4 is 66.9 Å². The summed E-state index contributed by atoms with van der Waals surface area (Å²) in [5, 5.41) is 13.2. The molecule has 2 aromatic carbocycles. The number of halogens is 3. The number of nitro benzene ring substituents is 1. The standard InChI is InChI=1S/C22H18Br2ClN3O5/c23-17-9-15-16(10-18(17)24)22(31)27(21(15)30)26(20(29)14-3-1-2-4-19(14)25)11-12-5-7-13(8-6-12)28(32)33/h1-8,15-18H,9-11H2/t15-,16+,17-,18-/m0/s1. The molecule has 11 heteroatoms. The number of alkyl halides is 2. The molecule has 1 saturated carbocycles. The zero-order valence-corrected chi connectivity index (χ0v) is 21.0. The van der Waals surface area contributed by atoms with Gasteiger partial charge in [-0.2, -0.15) is 5.01 Å². The summed E-state index contributed by atoms with van der Waals surface area (Å²) in [6.45, 7) is -0.131. The number of hydrogen-bond donors (Lipinski definition) is 0. The van der Waals surface area contributed by atoms with Gasteiger partial charge in [-0.1, -0.05) is 67.7 Å². The average molecular weight is 600 g/mol. The first kappa shape index (κ1) is 23.8. The highest BCUT2D eigenvalue weighted by atomic mass is 79.9. The third-order valence-corrected chi connectivity index (χ3v) is 9.01. The average Bonchev–Trinajstić information content (AvgIpc) is 3.02. The lowest BCUT2D eigenvalue weighted by molar-refractivity contribution is -0.384. The quantitative estimate of drug-likeness (QED) is 0.214. The minimum absolute atomic E-state index is 0.0258. The van der Waals surface area contributed by atoms with E-state index >= 15 is 0 Å². The third kappa shape index (κ3) is 4.56. The molecule has 2 aromatic rings. The van der Waals surface area contributed by atoms with E-state index in [0.29, 0.717) is 18.4 Å². The van der Waals surface area contributed by atoms with Gasteiger partial charge in [-0.3, -0.25) is 24.5 Å². The van der Waals surface area contributed by atoms with E-state index in [1.165, 1.54) is 30.3 Å². The number of rotatable bonds is 5. The molecule has 4 atom stereocenters. The summed E-state index contributed by atoms with van der Waals surface area (Å²) in [5.74, 6) is -2.54. The van der Waals surface area contributed by atoms with Crippen LogP contribution in [0.5, 0.6) is 0 Å². The lowest BCUT2D eigenvalue weighted by Crippen LogP contribution is -2.49. The van der Waals surface area contributed by atoms with Gasteiger partial charge in [-0.15, -0.1) is 0 Å². The van der Waals surface area contributed by atoms with Gasteiger partial charge in [-0.05, 0) is 30.5 Å². The van der Waals surface area contributed by atoms with Crippen molar-refractivity contribution in [2.24, 2.45) is 11.8 Å². The Morgan fingerprint density at radius 2 is 1.58 bits per heavy atom. The molecule has 0 bridgehead atoms. The second-order valence-corrected chi connectivity index (χ2v) is 10.7. The zero-order chi connectivity index (χ0) is 23.9. The Morgan fingerprint density at radius 3 is 2.09 bits per heavy atom. The van der Waals surface area contributed by atoms with Crippen molar-refractivity contribution in [3.63, 3.8) is 0 Å². The second-order valence-electron chi connectivity index (χ2n) is 7.97. The van der Waals surface area contributed by atoms with Gasteiger partial charge in [0.25, 0.3) is 23.4 Å². The van der Waals surface area contributed by atoms with Gasteiger partial charge < -0.3 is 0 Å². The molecule has 1 aliphatic heterocycles. The lowest BCUT2D eigenvalue weighted by atomic mass is 9.81. The molecule has 0 radical (unpaired) electrons. The molecule has 8 nitrogen and oxygen atoms in total. The summed E-state index contributed by atoms with van der Waals surface area (Å²) >= 11 is 13.4. The normalized spacial score (nSPS) is 24.5. The number of hydrazine groups is 1. The number of fused-ring (bicyclic) bond motifs is 1. The molecule has 172 valence electrons. The number of non-ortho nitro benzene ring substituents is 1. The van der Waals surface area contributed by atoms with E-state index in [-0.39, 0.29) is 32.5 Å². The molecule has 3 amide bonds. The number of amides is 3. The van der Waals surface area contributed by atoms with Crippen LogP contribution in [0.2, 0.25) is 5.02 Å². The lowest BCUT2D eigenvalue weighted by Gasteiger charge is -2.31. The molecule has 2 aliphatic rings. The van der Waals surface area contributed by atoms with Gasteiger partial charge in [0.15, 0.2) is 0 Å². The predicted octanol–water partition coefficient (Wildman–Crippen LogP) is 4.73. The highest BCUT2D eigenvalue weighted by molar-refractivity contribution is 9.12. The molecule has 0 aromatic heterocycles. The topological polar surface area (TPSA) is 101 Å². The predicted molar refractivity (Wildman–Crippen MR) is 128 cm³/mol. The number of hydrogen-bond acceptors (Lipinski definition) is 5. The van der Waals surface area contributed by atoms with E-state index in [1.54, 1.807) is 18.2 Å². The molecule has 4 rings (SSSR count). The Kier molecular flexibility index (Phi) is 6.88. The summed E-state index contributed by atoms with van der Waals surface area (Å²) < 4.78 is 0. The SMILES string of the molecule is O=C(c1ccccc1Cl)N(Cc1ccc([N+](=O)[O-])cc1)N1C(=O)[C@H]2C[C@H](Br)[C@@H](Br)C[C@H]2C1=O. The molecule has 1 aliphatic carbocycles. The van der Waals surface area contributed by atoms with Crippen LogP contribution in [0, 0.1) is 22.0 Å². The Hall–Kier alpha value is -2.30. The highest BCUT2D eigenvalue weighted by Gasteiger charge is 2.54. The van der Waals surface area contributed by atoms with Crippen LogP contribution in [0.25, 0.3) is 0 Å². The van der Waals surface area contributed by atoms with E-state index in [9.17, 15) is 24.5 Å². The van der Waals surface area contributed by atoms with Crippen molar-refractivity contribution in [1.82, 2.24) is 10.0 Å². The van der Waals surface area contributed by atoms with E-state index < -0.39 is 34.5 Å². The molecule has 33 heavy (non-hydrogen) atoms. The van der Waals surface area contributed by atoms with Crippen LogP contribution in [-0.4, -0.2) is 42.3 Å². The number of carbonyl (C=O) groups is 3. The number of nitro groups is 1. The van der Waals surface area contributed by atoms with Gasteiger partial charge in [0.2, 0.25) is 0 Å². The third-order valence-electron chi connectivity index (χ3n) is 5.95. The van der Waals surface area contributed by atoms with Gasteiger partial charge in [-0.25, -0.2) is 5.01 Å². The monoisotopic (exact) mass is 597 g/mol. The smallest absolute Gasteiger partial charge is 0.272 e. The van der Waals surface area contributed by atoms with Crippen LogP contribution < -0.4 is 0 Å². The number of benzene rings is 2. The second kappa shape index (κ2) is 9.52. The highest BCUT2D eigenvalue weighted by Crippen LogP contribution is 2.44. The summed E-state index contributed by atoms with van der Waals surface area (Å²) in [7, 11) is 0. The Morgan fingerprint density at radius 1 is 1.03 bits per heavy atom. The number of nitrogens with zero attached hydrogens (tertiary/aromatic N) is 3. The summed E-state index contributed by atoms with van der Waals surface area (Å²) in [5.41, 5.74) is 0.565. The number of carbonyl (C=O) groups excluding carboxylic acids is 3. The number of imide groups is 1. The molecule has 0 spiro atoms. The Bertz CT molecular complexity index is 1100. The van der Waals surface area contributed by atoms with E-state index in [4.69, 9.17) is 11.6 Å². The largest absolute Gasteiger partial charge is 0.274 e. The van der Waals surface area contributed by atoms with Crippen molar-refractivity contribution in [1.29, 1.82) is 0 Å². The Balaban J connectivity index is 1.71. The summed E-state index contributed by atoms with van der Waals surface area (Å²) in [4.78, 5) is 50.7.